The van der Waals surface area contributed by atoms with Crippen molar-refractivity contribution in [2.75, 3.05) is 27.7 Å². The molecule has 0 amide bonds. The highest BCUT2D eigenvalue weighted by molar-refractivity contribution is 5.17. The fraction of sp³-hybridized carbons (Fsp3) is 0.750. The lowest BCUT2D eigenvalue weighted by Gasteiger charge is -2.33. The van der Waals surface area contributed by atoms with Gasteiger partial charge in [-0.3, -0.25) is 9.91 Å². The summed E-state index contributed by atoms with van der Waals surface area (Å²) in [6.07, 6.45) is 0.0833. The Morgan fingerprint density at radius 1 is 1.38 bits per heavy atom. The van der Waals surface area contributed by atoms with Gasteiger partial charge in [0, 0.05) is 13.6 Å². The molecule has 5 nitrogen and oxygen atoms in total. The summed E-state index contributed by atoms with van der Waals surface area (Å²) in [4.78, 5) is 2.04. The van der Waals surface area contributed by atoms with E-state index < -0.39 is 0 Å². The van der Waals surface area contributed by atoms with Gasteiger partial charge in [0.05, 0.1) is 5.70 Å². The average molecular weight is 185 g/mol. The predicted molar refractivity (Wildman–Crippen MR) is 53.0 cm³/mol. The minimum absolute atomic E-state index is 0.0833. The minimum atomic E-state index is 0.0833. The van der Waals surface area contributed by atoms with Crippen LogP contribution < -0.4 is 11.5 Å². The SMILES string of the molecule is CCN1C(N)=C(N)C(N(C)C)N1C. The Morgan fingerprint density at radius 3 is 2.15 bits per heavy atom. The molecule has 4 N–H and O–H groups in total. The second-order valence-corrected chi connectivity index (χ2v) is 3.47. The molecule has 0 saturated heterocycles. The third-order valence-corrected chi connectivity index (χ3v) is 2.38. The Hall–Kier alpha value is -0.940. The van der Waals surface area contributed by atoms with E-state index in [1.165, 1.54) is 0 Å². The van der Waals surface area contributed by atoms with Crippen LogP contribution >= 0.6 is 0 Å². The average Bonchev–Trinajstić information content (AvgIpc) is 2.24. The Bertz CT molecular complexity index is 223. The highest BCUT2D eigenvalue weighted by atomic mass is 15.7. The summed E-state index contributed by atoms with van der Waals surface area (Å²) in [6, 6.07) is 0. The van der Waals surface area contributed by atoms with E-state index in [-0.39, 0.29) is 6.17 Å². The van der Waals surface area contributed by atoms with Gasteiger partial charge in [-0.25, -0.2) is 0 Å². The highest BCUT2D eigenvalue weighted by Crippen LogP contribution is 2.22. The Kier molecular flexibility index (Phi) is 2.68. The molecule has 0 bridgehead atoms. The van der Waals surface area contributed by atoms with Crippen molar-refractivity contribution in [2.24, 2.45) is 11.5 Å². The van der Waals surface area contributed by atoms with Gasteiger partial charge in [0.2, 0.25) is 0 Å². The molecule has 5 heteroatoms. The largest absolute Gasteiger partial charge is 0.397 e. The third kappa shape index (κ3) is 1.45. The van der Waals surface area contributed by atoms with E-state index in [0.717, 1.165) is 12.2 Å². The fourth-order valence-electron chi connectivity index (χ4n) is 1.79. The first-order chi connectivity index (χ1) is 6.00. The third-order valence-electron chi connectivity index (χ3n) is 2.38. The smallest absolute Gasteiger partial charge is 0.136 e. The summed E-state index contributed by atoms with van der Waals surface area (Å²) in [6.45, 7) is 2.89. The number of hydrogen-bond donors (Lipinski definition) is 2. The zero-order valence-corrected chi connectivity index (χ0v) is 8.78. The lowest BCUT2D eigenvalue weighted by molar-refractivity contribution is -0.0115. The molecule has 1 rings (SSSR count). The molecule has 76 valence electrons. The van der Waals surface area contributed by atoms with Crippen LogP contribution in [0.25, 0.3) is 0 Å². The van der Waals surface area contributed by atoms with Crippen LogP contribution in [0.4, 0.5) is 0 Å². The number of nitrogens with two attached hydrogens (primary N) is 2. The highest BCUT2D eigenvalue weighted by Gasteiger charge is 2.34. The Morgan fingerprint density at radius 2 is 1.92 bits per heavy atom. The number of nitrogens with zero attached hydrogens (tertiary/aromatic N) is 3. The summed E-state index contributed by atoms with van der Waals surface area (Å²) in [5.74, 6) is 0.670. The molecule has 0 aromatic rings. The van der Waals surface area contributed by atoms with Crippen molar-refractivity contribution in [3.63, 3.8) is 0 Å². The van der Waals surface area contributed by atoms with E-state index in [1.807, 2.05) is 36.1 Å². The van der Waals surface area contributed by atoms with Gasteiger partial charge in [-0.15, -0.1) is 0 Å². The summed E-state index contributed by atoms with van der Waals surface area (Å²) < 4.78 is 0. The number of rotatable bonds is 2. The molecular formula is C8H19N5. The molecule has 1 atom stereocenters. The van der Waals surface area contributed by atoms with Gasteiger partial charge in [-0.05, 0) is 21.0 Å². The lowest BCUT2D eigenvalue weighted by atomic mass is 10.3. The van der Waals surface area contributed by atoms with Crippen molar-refractivity contribution in [1.82, 2.24) is 14.9 Å². The Balaban J connectivity index is 2.92. The van der Waals surface area contributed by atoms with Gasteiger partial charge in [-0.2, -0.15) is 5.01 Å². The minimum Gasteiger partial charge on any atom is -0.397 e. The zero-order chi connectivity index (χ0) is 10.2. The van der Waals surface area contributed by atoms with Gasteiger partial charge >= 0.3 is 0 Å². The molecular weight excluding hydrogens is 166 g/mol. The van der Waals surface area contributed by atoms with E-state index in [1.54, 1.807) is 0 Å². The van der Waals surface area contributed by atoms with Crippen LogP contribution in [-0.4, -0.2) is 48.8 Å². The standard InChI is InChI=1S/C8H19N5/c1-5-13-7(10)6(9)8(11(2)3)12(13)4/h8H,5,9-10H2,1-4H3. The lowest BCUT2D eigenvalue weighted by Crippen LogP contribution is -2.47. The molecule has 0 fully saturated rings. The normalized spacial score (nSPS) is 25.0. The molecule has 1 aliphatic heterocycles. The molecule has 1 heterocycles. The van der Waals surface area contributed by atoms with Crippen LogP contribution in [0.5, 0.6) is 0 Å². The van der Waals surface area contributed by atoms with Crippen molar-refractivity contribution >= 4 is 0 Å². The first-order valence-electron chi connectivity index (χ1n) is 4.42. The van der Waals surface area contributed by atoms with Gasteiger partial charge in [-0.1, -0.05) is 0 Å². The summed E-state index contributed by atoms with van der Waals surface area (Å²) >= 11 is 0. The van der Waals surface area contributed by atoms with Crippen molar-refractivity contribution in [2.45, 2.75) is 13.1 Å². The summed E-state index contributed by atoms with van der Waals surface area (Å²) in [5.41, 5.74) is 12.5. The molecule has 0 aromatic heterocycles. The molecule has 0 aromatic carbocycles. The van der Waals surface area contributed by atoms with E-state index in [2.05, 4.69) is 6.92 Å². The fourth-order valence-corrected chi connectivity index (χ4v) is 1.79. The molecule has 0 spiro atoms. The first kappa shape index (κ1) is 10.1. The molecule has 0 aliphatic carbocycles. The van der Waals surface area contributed by atoms with Gasteiger partial charge in [0.25, 0.3) is 0 Å². The molecule has 1 aliphatic rings. The predicted octanol–water partition coefficient (Wildman–Crippen LogP) is -0.857. The maximum absolute atomic E-state index is 5.91. The van der Waals surface area contributed by atoms with Crippen molar-refractivity contribution in [3.05, 3.63) is 11.5 Å². The van der Waals surface area contributed by atoms with E-state index in [0.29, 0.717) is 5.82 Å². The summed E-state index contributed by atoms with van der Waals surface area (Å²) in [5, 5.41) is 4.02. The number of likely N-dealkylation sites (N-methyl/N-ethyl adjacent to an activating group) is 2. The first-order valence-corrected chi connectivity index (χ1v) is 4.42. The second kappa shape index (κ2) is 3.43. The van der Waals surface area contributed by atoms with Crippen molar-refractivity contribution < 1.29 is 0 Å². The molecule has 1 unspecified atom stereocenters. The molecule has 13 heavy (non-hydrogen) atoms. The van der Waals surface area contributed by atoms with Crippen LogP contribution in [0.2, 0.25) is 0 Å². The van der Waals surface area contributed by atoms with Crippen molar-refractivity contribution in [3.8, 4) is 0 Å². The van der Waals surface area contributed by atoms with Gasteiger partial charge in [0.1, 0.15) is 12.0 Å². The van der Waals surface area contributed by atoms with E-state index in [9.17, 15) is 0 Å². The molecule has 0 radical (unpaired) electrons. The van der Waals surface area contributed by atoms with E-state index in [4.69, 9.17) is 11.5 Å². The molecule has 0 saturated carbocycles. The van der Waals surface area contributed by atoms with Crippen LogP contribution in [0.15, 0.2) is 11.5 Å². The van der Waals surface area contributed by atoms with Gasteiger partial charge < -0.3 is 11.5 Å². The van der Waals surface area contributed by atoms with Crippen LogP contribution in [0.1, 0.15) is 6.92 Å². The summed E-state index contributed by atoms with van der Waals surface area (Å²) in [7, 11) is 5.96. The van der Waals surface area contributed by atoms with Crippen LogP contribution in [0.3, 0.4) is 0 Å². The van der Waals surface area contributed by atoms with Gasteiger partial charge in [0.15, 0.2) is 0 Å². The number of hydrazine groups is 1. The monoisotopic (exact) mass is 185 g/mol. The Labute approximate surface area is 79.5 Å². The van der Waals surface area contributed by atoms with Crippen LogP contribution in [0, 0.1) is 0 Å². The zero-order valence-electron chi connectivity index (χ0n) is 8.78. The number of hydrogen-bond acceptors (Lipinski definition) is 5. The maximum Gasteiger partial charge on any atom is 0.136 e. The van der Waals surface area contributed by atoms with Crippen LogP contribution in [-0.2, 0) is 0 Å². The van der Waals surface area contributed by atoms with Crippen molar-refractivity contribution in [1.29, 1.82) is 0 Å². The topological polar surface area (TPSA) is 61.8 Å². The quantitative estimate of drug-likeness (QED) is 0.586. The van der Waals surface area contributed by atoms with E-state index >= 15 is 0 Å². The second-order valence-electron chi connectivity index (χ2n) is 3.47. The maximum atomic E-state index is 5.91.